The van der Waals surface area contributed by atoms with Gasteiger partial charge in [0.25, 0.3) is 0 Å². The van der Waals surface area contributed by atoms with E-state index >= 15 is 0 Å². The van der Waals surface area contributed by atoms with Gasteiger partial charge in [-0.1, -0.05) is 6.07 Å². The van der Waals surface area contributed by atoms with Crippen LogP contribution in [0.1, 0.15) is 50.7 Å². The van der Waals surface area contributed by atoms with Gasteiger partial charge in [0, 0.05) is 17.8 Å². The predicted octanol–water partition coefficient (Wildman–Crippen LogP) is 3.97. The number of hydrogen-bond donors (Lipinski definition) is 1. The summed E-state index contributed by atoms with van der Waals surface area (Å²) in [6.45, 7) is 4.30. The minimum Gasteiger partial charge on any atom is -0.319 e. The smallest absolute Gasteiger partial charge is 0.319 e. The Labute approximate surface area is 121 Å². The summed E-state index contributed by atoms with van der Waals surface area (Å²) in [7, 11) is 0. The zero-order valence-corrected chi connectivity index (χ0v) is 12.5. The average Bonchev–Trinajstić information content (AvgIpc) is 2.85. The number of nitrogens with zero attached hydrogens (tertiary/aromatic N) is 1. The molecule has 20 heavy (non-hydrogen) atoms. The molecule has 2 atom stereocenters. The molecule has 0 radical (unpaired) electrons. The Morgan fingerprint density at radius 2 is 1.80 bits per heavy atom. The van der Waals surface area contributed by atoms with Crippen molar-refractivity contribution in [3.05, 3.63) is 29.3 Å². The average molecular weight is 272 g/mol. The number of amides is 2. The second-order valence-corrected chi connectivity index (χ2v) is 6.30. The van der Waals surface area contributed by atoms with E-state index in [-0.39, 0.29) is 6.03 Å². The van der Waals surface area contributed by atoms with Gasteiger partial charge in [-0.25, -0.2) is 4.79 Å². The van der Waals surface area contributed by atoms with Crippen molar-refractivity contribution in [2.75, 3.05) is 5.32 Å². The maximum absolute atomic E-state index is 12.5. The number of benzene rings is 1. The van der Waals surface area contributed by atoms with Gasteiger partial charge in [-0.2, -0.15) is 0 Å². The minimum absolute atomic E-state index is 0.0580. The van der Waals surface area contributed by atoms with Gasteiger partial charge in [-0.15, -0.1) is 0 Å². The van der Waals surface area contributed by atoms with Gasteiger partial charge in [0.15, 0.2) is 0 Å². The van der Waals surface area contributed by atoms with Crippen LogP contribution in [-0.2, 0) is 12.8 Å². The zero-order valence-electron chi connectivity index (χ0n) is 12.5. The number of rotatable bonds is 1. The molecule has 3 rings (SSSR count). The van der Waals surface area contributed by atoms with Crippen LogP contribution in [0, 0.1) is 0 Å². The first kappa shape index (κ1) is 13.5. The van der Waals surface area contributed by atoms with Crippen LogP contribution >= 0.6 is 0 Å². The van der Waals surface area contributed by atoms with E-state index in [9.17, 15) is 4.79 Å². The van der Waals surface area contributed by atoms with E-state index in [0.717, 1.165) is 24.9 Å². The third-order valence-electron chi connectivity index (χ3n) is 4.78. The number of carbonyl (C=O) groups is 1. The van der Waals surface area contributed by atoms with Crippen molar-refractivity contribution >= 4 is 11.7 Å². The van der Waals surface area contributed by atoms with Crippen LogP contribution in [0.15, 0.2) is 18.2 Å². The number of aryl methyl sites for hydroxylation is 2. The van der Waals surface area contributed by atoms with Gasteiger partial charge in [0.05, 0.1) is 0 Å². The monoisotopic (exact) mass is 272 g/mol. The van der Waals surface area contributed by atoms with E-state index < -0.39 is 0 Å². The molecule has 1 N–H and O–H groups in total. The molecule has 0 spiro atoms. The van der Waals surface area contributed by atoms with Gasteiger partial charge in [0.2, 0.25) is 0 Å². The van der Waals surface area contributed by atoms with E-state index in [1.807, 2.05) is 11.0 Å². The van der Waals surface area contributed by atoms with Crippen LogP contribution in [0.3, 0.4) is 0 Å². The summed E-state index contributed by atoms with van der Waals surface area (Å²) in [4.78, 5) is 14.5. The largest absolute Gasteiger partial charge is 0.322 e. The van der Waals surface area contributed by atoms with Crippen LogP contribution in [0.5, 0.6) is 0 Å². The van der Waals surface area contributed by atoms with E-state index in [0.29, 0.717) is 12.1 Å². The van der Waals surface area contributed by atoms with E-state index in [4.69, 9.17) is 0 Å². The first-order valence-electron chi connectivity index (χ1n) is 7.86. The predicted molar refractivity (Wildman–Crippen MR) is 82.1 cm³/mol. The lowest BCUT2D eigenvalue weighted by atomic mass is 9.98. The highest BCUT2D eigenvalue weighted by atomic mass is 16.2. The quantitative estimate of drug-likeness (QED) is 0.824. The molecule has 1 saturated heterocycles. The van der Waals surface area contributed by atoms with Gasteiger partial charge in [0.1, 0.15) is 0 Å². The molecule has 1 aliphatic carbocycles. The van der Waals surface area contributed by atoms with Crippen molar-refractivity contribution < 1.29 is 4.79 Å². The Bertz CT molecular complexity index is 502. The first-order chi connectivity index (χ1) is 9.65. The van der Waals surface area contributed by atoms with Gasteiger partial charge >= 0.3 is 6.03 Å². The number of urea groups is 1. The SMILES string of the molecule is C[C@@H]1CCC[C@@H](C)N1C(=O)Nc1ccc2c(c1)CCC2. The number of piperidine rings is 1. The van der Waals surface area contributed by atoms with Crippen molar-refractivity contribution in [3.63, 3.8) is 0 Å². The highest BCUT2D eigenvalue weighted by Crippen LogP contribution is 2.27. The summed E-state index contributed by atoms with van der Waals surface area (Å²) in [5.74, 6) is 0. The van der Waals surface area contributed by atoms with Crippen LogP contribution in [0.25, 0.3) is 0 Å². The molecule has 3 heteroatoms. The second-order valence-electron chi connectivity index (χ2n) is 6.30. The van der Waals surface area contributed by atoms with Crippen LogP contribution < -0.4 is 5.32 Å². The van der Waals surface area contributed by atoms with Crippen molar-refractivity contribution in [1.82, 2.24) is 4.90 Å². The molecule has 1 aromatic carbocycles. The van der Waals surface area contributed by atoms with Crippen LogP contribution in [0.2, 0.25) is 0 Å². The minimum atomic E-state index is 0.0580. The molecule has 1 aromatic rings. The molecule has 2 aliphatic rings. The Morgan fingerprint density at radius 3 is 2.55 bits per heavy atom. The third-order valence-corrected chi connectivity index (χ3v) is 4.78. The molecular weight excluding hydrogens is 248 g/mol. The Kier molecular flexibility index (Phi) is 3.68. The Morgan fingerprint density at radius 1 is 1.10 bits per heavy atom. The van der Waals surface area contributed by atoms with Crippen molar-refractivity contribution in [2.45, 2.75) is 64.5 Å². The van der Waals surface area contributed by atoms with Crippen LogP contribution in [0.4, 0.5) is 10.5 Å². The third kappa shape index (κ3) is 2.54. The molecule has 3 nitrogen and oxygen atoms in total. The molecular formula is C17H24N2O. The fourth-order valence-corrected chi connectivity index (χ4v) is 3.66. The van der Waals surface area contributed by atoms with Gasteiger partial charge < -0.3 is 10.2 Å². The summed E-state index contributed by atoms with van der Waals surface area (Å²) in [6, 6.07) is 7.10. The van der Waals surface area contributed by atoms with Crippen molar-refractivity contribution in [3.8, 4) is 0 Å². The lowest BCUT2D eigenvalue weighted by Crippen LogP contribution is -2.49. The summed E-state index contributed by atoms with van der Waals surface area (Å²) in [5, 5.41) is 3.09. The molecule has 1 aliphatic heterocycles. The number of hydrogen-bond acceptors (Lipinski definition) is 1. The molecule has 0 unspecified atom stereocenters. The van der Waals surface area contributed by atoms with Gasteiger partial charge in [-0.05, 0) is 75.6 Å². The van der Waals surface area contributed by atoms with Crippen molar-refractivity contribution in [1.29, 1.82) is 0 Å². The Balaban J connectivity index is 1.72. The Hall–Kier alpha value is -1.51. The first-order valence-corrected chi connectivity index (χ1v) is 7.86. The fourth-order valence-electron chi connectivity index (χ4n) is 3.66. The normalized spacial score (nSPS) is 25.4. The van der Waals surface area contributed by atoms with Crippen molar-refractivity contribution in [2.24, 2.45) is 0 Å². The number of anilines is 1. The molecule has 0 aromatic heterocycles. The lowest BCUT2D eigenvalue weighted by Gasteiger charge is -2.38. The fraction of sp³-hybridized carbons (Fsp3) is 0.588. The number of likely N-dealkylation sites (tertiary alicyclic amines) is 1. The maximum atomic E-state index is 12.5. The molecule has 1 heterocycles. The molecule has 1 fully saturated rings. The van der Waals surface area contributed by atoms with E-state index in [2.05, 4.69) is 31.3 Å². The molecule has 108 valence electrons. The number of carbonyl (C=O) groups excluding carboxylic acids is 1. The molecule has 0 saturated carbocycles. The highest BCUT2D eigenvalue weighted by Gasteiger charge is 2.29. The maximum Gasteiger partial charge on any atom is 0.322 e. The molecule has 2 amide bonds. The second kappa shape index (κ2) is 5.47. The summed E-state index contributed by atoms with van der Waals surface area (Å²) >= 11 is 0. The summed E-state index contributed by atoms with van der Waals surface area (Å²) in [6.07, 6.45) is 7.03. The lowest BCUT2D eigenvalue weighted by molar-refractivity contribution is 0.133. The van der Waals surface area contributed by atoms with Crippen LogP contribution in [-0.4, -0.2) is 23.0 Å². The topological polar surface area (TPSA) is 32.3 Å². The summed E-state index contributed by atoms with van der Waals surface area (Å²) in [5.41, 5.74) is 3.80. The number of nitrogens with one attached hydrogen (secondary N) is 1. The molecule has 0 bridgehead atoms. The zero-order chi connectivity index (χ0) is 14.1. The number of fused-ring (bicyclic) bond motifs is 1. The summed E-state index contributed by atoms with van der Waals surface area (Å²) < 4.78 is 0. The van der Waals surface area contributed by atoms with E-state index in [1.165, 1.54) is 30.4 Å². The van der Waals surface area contributed by atoms with Gasteiger partial charge in [-0.3, -0.25) is 0 Å². The standard InChI is InChI=1S/C17H24N2O/c1-12-5-3-6-13(2)19(12)17(20)18-16-10-9-14-7-4-8-15(14)11-16/h9-13H,3-8H2,1-2H3,(H,18,20)/t12-,13-/m1/s1. The van der Waals surface area contributed by atoms with E-state index in [1.54, 1.807) is 0 Å². The highest BCUT2D eigenvalue weighted by molar-refractivity contribution is 5.90.